The van der Waals surface area contributed by atoms with E-state index in [-0.39, 0.29) is 17.9 Å². The standard InChI is InChI=1S/C29H31NO5/c1-21(2)33-26-16-10-13-24(19-26)29(35-28(32)34-25-14-8-5-9-15-25)17-18-30(20-22(29)3)27(31)23-11-6-4-7-12-23/h4-16,19,21-22H,17-18,20H2,1-3H3/t22-,29+/m0/s1. The van der Waals surface area contributed by atoms with E-state index >= 15 is 0 Å². The Morgan fingerprint density at radius 2 is 1.57 bits per heavy atom. The molecule has 0 bridgehead atoms. The molecule has 1 saturated heterocycles. The van der Waals surface area contributed by atoms with Crippen LogP contribution in [0, 0.1) is 5.92 Å². The van der Waals surface area contributed by atoms with Gasteiger partial charge in [-0.1, -0.05) is 55.5 Å². The lowest BCUT2D eigenvalue weighted by Crippen LogP contribution is -2.53. The van der Waals surface area contributed by atoms with E-state index in [0.29, 0.717) is 36.6 Å². The summed E-state index contributed by atoms with van der Waals surface area (Å²) in [7, 11) is 0. The van der Waals surface area contributed by atoms with E-state index < -0.39 is 11.8 Å². The molecule has 6 nitrogen and oxygen atoms in total. The van der Waals surface area contributed by atoms with Gasteiger partial charge in [0, 0.05) is 31.0 Å². The summed E-state index contributed by atoms with van der Waals surface area (Å²) in [6.07, 6.45) is -0.337. The summed E-state index contributed by atoms with van der Waals surface area (Å²) in [4.78, 5) is 27.9. The average Bonchev–Trinajstić information content (AvgIpc) is 2.86. The molecule has 1 fully saturated rings. The van der Waals surface area contributed by atoms with E-state index in [1.807, 2.05) is 86.3 Å². The summed E-state index contributed by atoms with van der Waals surface area (Å²) in [5.41, 5.74) is 0.485. The number of amides is 1. The molecule has 182 valence electrons. The SMILES string of the molecule is CC(C)Oc1cccc([C@@]2(OC(=O)Oc3ccccc3)CCN(C(=O)c3ccccc3)C[C@@H]2C)c1. The number of hydrogen-bond donors (Lipinski definition) is 0. The maximum absolute atomic E-state index is 13.1. The van der Waals surface area contributed by atoms with Crippen LogP contribution in [0.2, 0.25) is 0 Å². The van der Waals surface area contributed by atoms with Gasteiger partial charge in [0.1, 0.15) is 17.1 Å². The first-order valence-corrected chi connectivity index (χ1v) is 11.9. The Morgan fingerprint density at radius 3 is 2.23 bits per heavy atom. The Hall–Kier alpha value is -3.80. The second-order valence-corrected chi connectivity index (χ2v) is 9.12. The Balaban J connectivity index is 1.62. The van der Waals surface area contributed by atoms with Crippen LogP contribution in [0.4, 0.5) is 4.79 Å². The third-order valence-electron chi connectivity index (χ3n) is 6.26. The number of carbonyl (C=O) groups excluding carboxylic acids is 2. The molecule has 1 heterocycles. The zero-order valence-corrected chi connectivity index (χ0v) is 20.3. The Kier molecular flexibility index (Phi) is 7.39. The van der Waals surface area contributed by atoms with Crippen LogP contribution in [0.25, 0.3) is 0 Å². The first-order chi connectivity index (χ1) is 16.9. The smallest absolute Gasteiger partial charge is 0.491 e. The first-order valence-electron chi connectivity index (χ1n) is 11.9. The number of para-hydroxylation sites is 1. The van der Waals surface area contributed by atoms with Gasteiger partial charge in [-0.3, -0.25) is 4.79 Å². The Labute approximate surface area is 206 Å². The fourth-order valence-corrected chi connectivity index (χ4v) is 4.56. The molecule has 2 atom stereocenters. The minimum absolute atomic E-state index is 0.00734. The lowest BCUT2D eigenvalue weighted by atomic mass is 9.76. The Morgan fingerprint density at radius 1 is 0.914 bits per heavy atom. The molecule has 0 saturated carbocycles. The van der Waals surface area contributed by atoms with Crippen molar-refractivity contribution < 1.29 is 23.8 Å². The fraction of sp³-hybridized carbons (Fsp3) is 0.310. The van der Waals surface area contributed by atoms with Crippen LogP contribution in [-0.2, 0) is 10.3 Å². The lowest BCUT2D eigenvalue weighted by molar-refractivity contribution is -0.0873. The van der Waals surface area contributed by atoms with Crippen molar-refractivity contribution >= 4 is 12.1 Å². The first kappa shape index (κ1) is 24.3. The minimum atomic E-state index is -0.977. The molecule has 0 spiro atoms. The second kappa shape index (κ2) is 10.6. The van der Waals surface area contributed by atoms with E-state index in [4.69, 9.17) is 14.2 Å². The predicted molar refractivity (Wildman–Crippen MR) is 134 cm³/mol. The third-order valence-corrected chi connectivity index (χ3v) is 6.26. The number of rotatable bonds is 6. The molecule has 1 aliphatic heterocycles. The number of likely N-dealkylation sites (tertiary alicyclic amines) is 1. The van der Waals surface area contributed by atoms with Gasteiger partial charge in [0.05, 0.1) is 6.10 Å². The van der Waals surface area contributed by atoms with Crippen LogP contribution < -0.4 is 9.47 Å². The molecule has 0 aliphatic carbocycles. The lowest BCUT2D eigenvalue weighted by Gasteiger charge is -2.45. The molecular formula is C29H31NO5. The van der Waals surface area contributed by atoms with Gasteiger partial charge in [-0.15, -0.1) is 0 Å². The molecule has 6 heteroatoms. The molecule has 0 aromatic heterocycles. The molecule has 1 aliphatic rings. The van der Waals surface area contributed by atoms with Gasteiger partial charge in [-0.05, 0) is 55.8 Å². The Bertz CT molecular complexity index is 1150. The van der Waals surface area contributed by atoms with E-state index in [9.17, 15) is 9.59 Å². The molecule has 0 unspecified atom stereocenters. The number of nitrogens with zero attached hydrogens (tertiary/aromatic N) is 1. The molecule has 3 aromatic carbocycles. The normalized spacial score (nSPS) is 19.8. The maximum atomic E-state index is 13.1. The topological polar surface area (TPSA) is 65.1 Å². The van der Waals surface area contributed by atoms with Crippen molar-refractivity contribution in [3.63, 3.8) is 0 Å². The number of carbonyl (C=O) groups is 2. The fourth-order valence-electron chi connectivity index (χ4n) is 4.56. The second-order valence-electron chi connectivity index (χ2n) is 9.12. The maximum Gasteiger partial charge on any atom is 0.514 e. The van der Waals surface area contributed by atoms with E-state index in [0.717, 1.165) is 5.56 Å². The zero-order chi connectivity index (χ0) is 24.8. The summed E-state index contributed by atoms with van der Waals surface area (Å²) in [5, 5.41) is 0. The van der Waals surface area contributed by atoms with Crippen LogP contribution in [-0.4, -0.2) is 36.2 Å². The highest BCUT2D eigenvalue weighted by molar-refractivity contribution is 5.94. The quantitative estimate of drug-likeness (QED) is 0.321. The van der Waals surface area contributed by atoms with Crippen LogP contribution in [0.1, 0.15) is 43.1 Å². The molecule has 4 rings (SSSR count). The number of ether oxygens (including phenoxy) is 3. The van der Waals surface area contributed by atoms with Gasteiger partial charge in [0.25, 0.3) is 5.91 Å². The van der Waals surface area contributed by atoms with Crippen molar-refractivity contribution in [3.8, 4) is 11.5 Å². The average molecular weight is 474 g/mol. The van der Waals surface area contributed by atoms with Gasteiger partial charge in [-0.25, -0.2) is 4.79 Å². The molecule has 0 N–H and O–H groups in total. The monoisotopic (exact) mass is 473 g/mol. The molecule has 3 aromatic rings. The van der Waals surface area contributed by atoms with Crippen LogP contribution in [0.15, 0.2) is 84.9 Å². The molecular weight excluding hydrogens is 442 g/mol. The van der Waals surface area contributed by atoms with Crippen molar-refractivity contribution in [1.82, 2.24) is 4.90 Å². The molecule has 35 heavy (non-hydrogen) atoms. The van der Waals surface area contributed by atoms with E-state index in [1.165, 1.54) is 0 Å². The molecule has 1 amide bonds. The summed E-state index contributed by atoms with van der Waals surface area (Å²) in [6.45, 7) is 6.79. The zero-order valence-electron chi connectivity index (χ0n) is 20.3. The van der Waals surface area contributed by atoms with Gasteiger partial charge < -0.3 is 19.1 Å². The highest BCUT2D eigenvalue weighted by Gasteiger charge is 2.47. The van der Waals surface area contributed by atoms with Gasteiger partial charge in [0.2, 0.25) is 0 Å². The summed E-state index contributed by atoms with van der Waals surface area (Å²) in [5.74, 6) is 0.886. The van der Waals surface area contributed by atoms with Crippen molar-refractivity contribution in [3.05, 3.63) is 96.1 Å². The van der Waals surface area contributed by atoms with Crippen LogP contribution in [0.5, 0.6) is 11.5 Å². The number of piperidine rings is 1. The summed E-state index contributed by atoms with van der Waals surface area (Å²) >= 11 is 0. The van der Waals surface area contributed by atoms with Gasteiger partial charge >= 0.3 is 6.16 Å². The van der Waals surface area contributed by atoms with E-state index in [1.54, 1.807) is 24.3 Å². The van der Waals surface area contributed by atoms with E-state index in [2.05, 4.69) is 0 Å². The number of hydrogen-bond acceptors (Lipinski definition) is 5. The van der Waals surface area contributed by atoms with Crippen molar-refractivity contribution in [2.24, 2.45) is 5.92 Å². The summed E-state index contributed by atoms with van der Waals surface area (Å²) < 4.78 is 17.5. The predicted octanol–water partition coefficient (Wildman–Crippen LogP) is 6.07. The van der Waals surface area contributed by atoms with Gasteiger partial charge in [-0.2, -0.15) is 0 Å². The van der Waals surface area contributed by atoms with Crippen molar-refractivity contribution in [2.75, 3.05) is 13.1 Å². The van der Waals surface area contributed by atoms with Gasteiger partial charge in [0.15, 0.2) is 0 Å². The van der Waals surface area contributed by atoms with Crippen molar-refractivity contribution in [1.29, 1.82) is 0 Å². The van der Waals surface area contributed by atoms with Crippen molar-refractivity contribution in [2.45, 2.75) is 38.9 Å². The largest absolute Gasteiger partial charge is 0.514 e. The highest BCUT2D eigenvalue weighted by Crippen LogP contribution is 2.42. The summed E-state index contributed by atoms with van der Waals surface area (Å²) in [6, 6.07) is 25.7. The number of benzene rings is 3. The molecule has 0 radical (unpaired) electrons. The third kappa shape index (κ3) is 5.65. The van der Waals surface area contributed by atoms with Crippen LogP contribution >= 0.6 is 0 Å². The minimum Gasteiger partial charge on any atom is -0.491 e. The van der Waals surface area contributed by atoms with Crippen LogP contribution in [0.3, 0.4) is 0 Å². The highest BCUT2D eigenvalue weighted by atomic mass is 16.7.